The van der Waals surface area contributed by atoms with Gasteiger partial charge in [0.2, 0.25) is 0 Å². The van der Waals surface area contributed by atoms with E-state index in [-0.39, 0.29) is 24.0 Å². The highest BCUT2D eigenvalue weighted by Crippen LogP contribution is 2.12. The number of aliphatic imine (C=N–C) groups is 1. The van der Waals surface area contributed by atoms with E-state index in [1.54, 1.807) is 13.4 Å². The molecule has 1 aliphatic heterocycles. The molecular weight excluding hydrogens is 445 g/mol. The molecule has 1 aromatic carbocycles. The van der Waals surface area contributed by atoms with Gasteiger partial charge in [0.25, 0.3) is 0 Å². The molecule has 142 valence electrons. The molecule has 0 unspecified atom stereocenters. The summed E-state index contributed by atoms with van der Waals surface area (Å²) < 4.78 is 10.2. The zero-order valence-corrected chi connectivity index (χ0v) is 17.6. The molecule has 0 bridgehead atoms. The highest BCUT2D eigenvalue weighted by molar-refractivity contribution is 14.0. The van der Waals surface area contributed by atoms with Gasteiger partial charge in [-0.1, -0.05) is 17.3 Å². The fourth-order valence-corrected chi connectivity index (χ4v) is 2.96. The van der Waals surface area contributed by atoms with Crippen LogP contribution in [0.3, 0.4) is 0 Å². The Balaban J connectivity index is 0.00000243. The second-order valence-corrected chi connectivity index (χ2v) is 6.01. The quantitative estimate of drug-likeness (QED) is 0.410. The van der Waals surface area contributed by atoms with Gasteiger partial charge < -0.3 is 19.5 Å². The fourth-order valence-electron chi connectivity index (χ4n) is 2.96. The largest absolute Gasteiger partial charge is 0.497 e. The molecule has 1 saturated heterocycles. The van der Waals surface area contributed by atoms with Crippen LogP contribution in [0, 0.1) is 0 Å². The predicted octanol–water partition coefficient (Wildman–Crippen LogP) is 2.19. The summed E-state index contributed by atoms with van der Waals surface area (Å²) in [6, 6.07) is 9.99. The number of methoxy groups -OCH3 is 1. The Morgan fingerprint density at radius 3 is 2.73 bits per heavy atom. The summed E-state index contributed by atoms with van der Waals surface area (Å²) in [5.74, 6) is 1.81. The highest BCUT2D eigenvalue weighted by Gasteiger charge is 2.20. The lowest BCUT2D eigenvalue weighted by atomic mass is 10.2. The normalized spacial score (nSPS) is 15.5. The number of nitrogens with one attached hydrogen (secondary N) is 1. The number of hydrogen-bond acceptors (Lipinski definition) is 5. The van der Waals surface area contributed by atoms with E-state index < -0.39 is 0 Å². The maximum absolute atomic E-state index is 5.27. The molecule has 0 radical (unpaired) electrons. The number of ether oxygens (including phenoxy) is 1. The molecule has 1 aromatic heterocycles. The standard InChI is InChI=1S/C18H25N5O2.HI/c1-19-18(20-13-15-4-3-5-17(12-15)24-2)23-9-7-22(8-10-23)14-16-6-11-25-21-16;/h3-6,11-12H,7-10,13-14H2,1-2H3,(H,19,20);1H. The first-order chi connectivity index (χ1) is 12.3. The minimum absolute atomic E-state index is 0. The van der Waals surface area contributed by atoms with Crippen LogP contribution in [0.1, 0.15) is 11.3 Å². The number of halogens is 1. The van der Waals surface area contributed by atoms with Crippen LogP contribution >= 0.6 is 24.0 Å². The molecule has 3 rings (SSSR count). The van der Waals surface area contributed by atoms with Crippen molar-refractivity contribution in [3.63, 3.8) is 0 Å². The molecule has 1 fully saturated rings. The van der Waals surface area contributed by atoms with Crippen LogP contribution < -0.4 is 10.1 Å². The Hall–Kier alpha value is -1.81. The van der Waals surface area contributed by atoms with Crippen LogP contribution in [0.4, 0.5) is 0 Å². The van der Waals surface area contributed by atoms with E-state index in [9.17, 15) is 0 Å². The van der Waals surface area contributed by atoms with Crippen LogP contribution in [-0.2, 0) is 13.1 Å². The smallest absolute Gasteiger partial charge is 0.194 e. The zero-order chi connectivity index (χ0) is 17.5. The molecule has 8 heteroatoms. The number of benzene rings is 1. The van der Waals surface area contributed by atoms with Gasteiger partial charge in [0.15, 0.2) is 5.96 Å². The van der Waals surface area contributed by atoms with Gasteiger partial charge in [-0.2, -0.15) is 0 Å². The topological polar surface area (TPSA) is 66.1 Å². The minimum atomic E-state index is 0. The van der Waals surface area contributed by atoms with Crippen LogP contribution in [0.25, 0.3) is 0 Å². The van der Waals surface area contributed by atoms with Gasteiger partial charge in [-0.05, 0) is 17.7 Å². The van der Waals surface area contributed by atoms with E-state index in [0.29, 0.717) is 0 Å². The summed E-state index contributed by atoms with van der Waals surface area (Å²) in [5, 5.41) is 7.42. The van der Waals surface area contributed by atoms with E-state index in [2.05, 4.69) is 31.3 Å². The Kier molecular flexibility index (Phi) is 8.17. The second kappa shape index (κ2) is 10.4. The number of piperazine rings is 1. The number of nitrogens with zero attached hydrogens (tertiary/aromatic N) is 4. The first-order valence-corrected chi connectivity index (χ1v) is 8.48. The number of guanidine groups is 1. The predicted molar refractivity (Wildman–Crippen MR) is 112 cm³/mol. The number of aromatic nitrogens is 1. The van der Waals surface area contributed by atoms with E-state index in [1.165, 1.54) is 5.56 Å². The maximum Gasteiger partial charge on any atom is 0.194 e. The average molecular weight is 471 g/mol. The first kappa shape index (κ1) is 20.5. The van der Waals surface area contributed by atoms with Crippen LogP contribution in [-0.4, -0.2) is 61.3 Å². The minimum Gasteiger partial charge on any atom is -0.497 e. The lowest BCUT2D eigenvalue weighted by molar-refractivity contribution is 0.169. The summed E-state index contributed by atoms with van der Waals surface area (Å²) in [6.45, 7) is 5.40. The Morgan fingerprint density at radius 2 is 2.08 bits per heavy atom. The molecule has 1 N–H and O–H groups in total. The van der Waals surface area contributed by atoms with Crippen molar-refractivity contribution in [2.45, 2.75) is 13.1 Å². The molecule has 0 amide bonds. The van der Waals surface area contributed by atoms with Gasteiger partial charge in [-0.3, -0.25) is 9.89 Å². The van der Waals surface area contributed by atoms with Crippen LogP contribution in [0.15, 0.2) is 46.1 Å². The van der Waals surface area contributed by atoms with E-state index >= 15 is 0 Å². The van der Waals surface area contributed by atoms with Crippen molar-refractivity contribution in [2.75, 3.05) is 40.3 Å². The second-order valence-electron chi connectivity index (χ2n) is 6.01. The molecule has 0 aliphatic carbocycles. The van der Waals surface area contributed by atoms with Gasteiger partial charge in [0, 0.05) is 52.4 Å². The SMILES string of the molecule is CN=C(NCc1cccc(OC)c1)N1CCN(Cc2ccon2)CC1.I. The Labute approximate surface area is 171 Å². The monoisotopic (exact) mass is 471 g/mol. The Morgan fingerprint density at radius 1 is 1.27 bits per heavy atom. The van der Waals surface area contributed by atoms with Crippen molar-refractivity contribution in [3.05, 3.63) is 47.9 Å². The van der Waals surface area contributed by atoms with Crippen molar-refractivity contribution in [1.82, 2.24) is 20.3 Å². The summed E-state index contributed by atoms with van der Waals surface area (Å²) in [7, 11) is 3.51. The van der Waals surface area contributed by atoms with E-state index in [1.807, 2.05) is 31.3 Å². The molecule has 1 aliphatic rings. The maximum atomic E-state index is 5.27. The van der Waals surface area contributed by atoms with E-state index in [4.69, 9.17) is 9.26 Å². The molecule has 0 saturated carbocycles. The van der Waals surface area contributed by atoms with Crippen LogP contribution in [0.2, 0.25) is 0 Å². The highest BCUT2D eigenvalue weighted by atomic mass is 127. The average Bonchev–Trinajstić information content (AvgIpc) is 3.17. The third kappa shape index (κ3) is 5.60. The number of hydrogen-bond donors (Lipinski definition) is 1. The van der Waals surface area contributed by atoms with Crippen molar-refractivity contribution in [3.8, 4) is 5.75 Å². The molecule has 2 heterocycles. The van der Waals surface area contributed by atoms with Gasteiger partial charge in [0.05, 0.1) is 12.8 Å². The molecule has 0 atom stereocenters. The molecular formula is C18H26IN5O2. The summed E-state index contributed by atoms with van der Waals surface area (Å²) in [4.78, 5) is 9.09. The van der Waals surface area contributed by atoms with Gasteiger partial charge in [-0.25, -0.2) is 0 Å². The van der Waals surface area contributed by atoms with Gasteiger partial charge in [0.1, 0.15) is 12.0 Å². The summed E-state index contributed by atoms with van der Waals surface area (Å²) >= 11 is 0. The fraction of sp³-hybridized carbons (Fsp3) is 0.444. The van der Waals surface area contributed by atoms with Crippen molar-refractivity contribution >= 4 is 29.9 Å². The van der Waals surface area contributed by atoms with Gasteiger partial charge >= 0.3 is 0 Å². The summed E-state index contributed by atoms with van der Waals surface area (Å²) in [6.07, 6.45) is 1.62. The van der Waals surface area contributed by atoms with Gasteiger partial charge in [-0.15, -0.1) is 24.0 Å². The van der Waals surface area contributed by atoms with Crippen molar-refractivity contribution in [1.29, 1.82) is 0 Å². The summed E-state index contributed by atoms with van der Waals surface area (Å²) in [5.41, 5.74) is 2.15. The van der Waals surface area contributed by atoms with E-state index in [0.717, 1.165) is 56.7 Å². The molecule has 0 spiro atoms. The van der Waals surface area contributed by atoms with Crippen molar-refractivity contribution in [2.24, 2.45) is 4.99 Å². The molecule has 7 nitrogen and oxygen atoms in total. The molecule has 2 aromatic rings. The third-order valence-corrected chi connectivity index (χ3v) is 4.35. The first-order valence-electron chi connectivity index (χ1n) is 8.48. The Bertz CT molecular complexity index is 685. The lowest BCUT2D eigenvalue weighted by Gasteiger charge is -2.36. The zero-order valence-electron chi connectivity index (χ0n) is 15.2. The molecule has 26 heavy (non-hydrogen) atoms. The lowest BCUT2D eigenvalue weighted by Crippen LogP contribution is -2.52. The third-order valence-electron chi connectivity index (χ3n) is 4.35. The van der Waals surface area contributed by atoms with Crippen molar-refractivity contribution < 1.29 is 9.26 Å². The van der Waals surface area contributed by atoms with Crippen LogP contribution in [0.5, 0.6) is 5.75 Å². The number of rotatable bonds is 5.